The van der Waals surface area contributed by atoms with Gasteiger partial charge in [0.05, 0.1) is 7.11 Å². The lowest BCUT2D eigenvalue weighted by Gasteiger charge is -2.18. The second kappa shape index (κ2) is 4.92. The van der Waals surface area contributed by atoms with Gasteiger partial charge in [-0.25, -0.2) is 4.79 Å². The van der Waals surface area contributed by atoms with Crippen LogP contribution in [0.5, 0.6) is 0 Å². The van der Waals surface area contributed by atoms with Crippen molar-refractivity contribution in [3.8, 4) is 11.3 Å². The fraction of sp³-hybridized carbons (Fsp3) is 0.312. The molecular formula is C16H18O3. The molecule has 100 valence electrons. The van der Waals surface area contributed by atoms with Gasteiger partial charge >= 0.3 is 5.97 Å². The number of carbonyl (C=O) groups excluding carboxylic acids is 1. The molecule has 0 bridgehead atoms. The maximum atomic E-state index is 11.3. The van der Waals surface area contributed by atoms with Crippen LogP contribution in [0.4, 0.5) is 0 Å². The molecule has 0 aliphatic carbocycles. The number of ether oxygens (including phenoxy) is 1. The molecule has 0 fully saturated rings. The van der Waals surface area contributed by atoms with Crippen molar-refractivity contribution in [3.63, 3.8) is 0 Å². The van der Waals surface area contributed by atoms with Gasteiger partial charge in [0.2, 0.25) is 5.76 Å². The Morgan fingerprint density at radius 2 is 1.68 bits per heavy atom. The zero-order valence-electron chi connectivity index (χ0n) is 11.7. The van der Waals surface area contributed by atoms with Crippen molar-refractivity contribution in [1.82, 2.24) is 0 Å². The van der Waals surface area contributed by atoms with Crippen molar-refractivity contribution >= 4 is 5.97 Å². The number of hydrogen-bond donors (Lipinski definition) is 0. The molecule has 0 aliphatic rings. The highest BCUT2D eigenvalue weighted by atomic mass is 16.5. The third-order valence-corrected chi connectivity index (χ3v) is 3.03. The van der Waals surface area contributed by atoms with Crippen molar-refractivity contribution in [3.05, 3.63) is 47.7 Å². The maximum Gasteiger partial charge on any atom is 0.373 e. The molecule has 0 saturated heterocycles. The van der Waals surface area contributed by atoms with Gasteiger partial charge in [0.1, 0.15) is 5.76 Å². The van der Waals surface area contributed by atoms with Crippen LogP contribution in [-0.2, 0) is 10.2 Å². The van der Waals surface area contributed by atoms with Gasteiger partial charge in [-0.15, -0.1) is 0 Å². The Kier molecular flexibility index (Phi) is 3.47. The quantitative estimate of drug-likeness (QED) is 0.763. The fourth-order valence-corrected chi connectivity index (χ4v) is 1.84. The Balaban J connectivity index is 2.28. The van der Waals surface area contributed by atoms with Crippen LogP contribution >= 0.6 is 0 Å². The first-order valence-corrected chi connectivity index (χ1v) is 6.21. The van der Waals surface area contributed by atoms with Crippen LogP contribution < -0.4 is 0 Å². The van der Waals surface area contributed by atoms with Crippen LogP contribution in [0.25, 0.3) is 11.3 Å². The van der Waals surface area contributed by atoms with E-state index in [9.17, 15) is 4.79 Å². The topological polar surface area (TPSA) is 39.4 Å². The monoisotopic (exact) mass is 258 g/mol. The number of esters is 1. The average molecular weight is 258 g/mol. The first-order valence-electron chi connectivity index (χ1n) is 6.21. The Bertz CT molecular complexity index is 571. The second-order valence-electron chi connectivity index (χ2n) is 5.48. The minimum Gasteiger partial charge on any atom is -0.463 e. The van der Waals surface area contributed by atoms with Crippen LogP contribution in [0.15, 0.2) is 40.8 Å². The molecular weight excluding hydrogens is 240 g/mol. The van der Waals surface area contributed by atoms with Crippen molar-refractivity contribution in [2.45, 2.75) is 26.2 Å². The van der Waals surface area contributed by atoms with Gasteiger partial charge in [-0.1, -0.05) is 45.0 Å². The van der Waals surface area contributed by atoms with Crippen molar-refractivity contribution in [2.24, 2.45) is 0 Å². The molecule has 0 amide bonds. The molecule has 2 aromatic rings. The fourth-order valence-electron chi connectivity index (χ4n) is 1.84. The predicted molar refractivity (Wildman–Crippen MR) is 74.2 cm³/mol. The molecule has 1 aromatic heterocycles. The number of methoxy groups -OCH3 is 1. The first-order chi connectivity index (χ1) is 8.91. The summed E-state index contributed by atoms with van der Waals surface area (Å²) in [5.41, 5.74) is 2.33. The summed E-state index contributed by atoms with van der Waals surface area (Å²) < 4.78 is 10.1. The number of rotatable bonds is 2. The van der Waals surface area contributed by atoms with E-state index in [0.29, 0.717) is 5.76 Å². The molecule has 0 unspecified atom stereocenters. The molecule has 0 N–H and O–H groups in total. The van der Waals surface area contributed by atoms with Gasteiger partial charge in [-0.3, -0.25) is 0 Å². The lowest BCUT2D eigenvalue weighted by molar-refractivity contribution is 0.0566. The van der Waals surface area contributed by atoms with Crippen LogP contribution in [0.1, 0.15) is 36.9 Å². The highest BCUT2D eigenvalue weighted by Crippen LogP contribution is 2.27. The summed E-state index contributed by atoms with van der Waals surface area (Å²) in [6.07, 6.45) is 0. The molecule has 0 atom stereocenters. The molecule has 3 heteroatoms. The van der Waals surface area contributed by atoms with Crippen LogP contribution in [-0.4, -0.2) is 13.1 Å². The maximum absolute atomic E-state index is 11.3. The van der Waals surface area contributed by atoms with Crippen LogP contribution in [0.2, 0.25) is 0 Å². The normalized spacial score (nSPS) is 11.4. The predicted octanol–water partition coefficient (Wildman–Crippen LogP) is 4.03. The molecule has 3 nitrogen and oxygen atoms in total. The van der Waals surface area contributed by atoms with E-state index >= 15 is 0 Å². The summed E-state index contributed by atoms with van der Waals surface area (Å²) in [4.78, 5) is 11.3. The molecule has 0 radical (unpaired) electrons. The zero-order chi connectivity index (χ0) is 14.0. The lowest BCUT2D eigenvalue weighted by atomic mass is 9.86. The summed E-state index contributed by atoms with van der Waals surface area (Å²) in [6, 6.07) is 11.6. The highest BCUT2D eigenvalue weighted by Gasteiger charge is 2.15. The molecule has 0 saturated carbocycles. The summed E-state index contributed by atoms with van der Waals surface area (Å²) in [5, 5.41) is 0. The summed E-state index contributed by atoms with van der Waals surface area (Å²) in [5.74, 6) is 0.427. The highest BCUT2D eigenvalue weighted by molar-refractivity contribution is 5.87. The third kappa shape index (κ3) is 2.87. The van der Waals surface area contributed by atoms with Crippen LogP contribution in [0.3, 0.4) is 0 Å². The Morgan fingerprint density at radius 1 is 1.05 bits per heavy atom. The van der Waals surface area contributed by atoms with Crippen molar-refractivity contribution in [2.75, 3.05) is 7.11 Å². The van der Waals surface area contributed by atoms with E-state index in [1.165, 1.54) is 12.7 Å². The van der Waals surface area contributed by atoms with E-state index in [0.717, 1.165) is 5.56 Å². The standard InChI is InChI=1S/C16H18O3/c1-16(2,3)12-7-5-11(6-8-12)13-9-10-14(19-13)15(17)18-4/h5-10H,1-4H3. The number of carbonyl (C=O) groups is 1. The molecule has 19 heavy (non-hydrogen) atoms. The zero-order valence-corrected chi connectivity index (χ0v) is 11.7. The minimum atomic E-state index is -0.461. The minimum absolute atomic E-state index is 0.124. The lowest BCUT2D eigenvalue weighted by Crippen LogP contribution is -2.10. The van der Waals surface area contributed by atoms with Gasteiger partial charge in [0.15, 0.2) is 0 Å². The van der Waals surface area contributed by atoms with E-state index in [4.69, 9.17) is 4.42 Å². The van der Waals surface area contributed by atoms with Crippen molar-refractivity contribution in [1.29, 1.82) is 0 Å². The van der Waals surface area contributed by atoms with Crippen molar-refractivity contribution < 1.29 is 13.9 Å². The molecule has 0 aliphatic heterocycles. The smallest absolute Gasteiger partial charge is 0.373 e. The number of hydrogen-bond acceptors (Lipinski definition) is 3. The summed E-state index contributed by atoms with van der Waals surface area (Å²) >= 11 is 0. The molecule has 0 spiro atoms. The Morgan fingerprint density at radius 3 is 2.21 bits per heavy atom. The van der Waals surface area contributed by atoms with Gasteiger partial charge in [-0.2, -0.15) is 0 Å². The molecule has 2 rings (SSSR count). The van der Waals surface area contributed by atoms with Gasteiger partial charge in [0.25, 0.3) is 0 Å². The van der Waals surface area contributed by atoms with E-state index in [2.05, 4.69) is 37.6 Å². The summed E-state index contributed by atoms with van der Waals surface area (Å²) in [7, 11) is 1.34. The third-order valence-electron chi connectivity index (χ3n) is 3.03. The van der Waals surface area contributed by atoms with Crippen LogP contribution in [0, 0.1) is 0 Å². The van der Waals surface area contributed by atoms with E-state index < -0.39 is 5.97 Å². The van der Waals surface area contributed by atoms with Gasteiger partial charge < -0.3 is 9.15 Å². The molecule has 1 aromatic carbocycles. The first kappa shape index (κ1) is 13.4. The van der Waals surface area contributed by atoms with Gasteiger partial charge in [-0.05, 0) is 23.1 Å². The Labute approximate surface area is 113 Å². The second-order valence-corrected chi connectivity index (χ2v) is 5.48. The molecule has 1 heterocycles. The summed E-state index contributed by atoms with van der Waals surface area (Å²) in [6.45, 7) is 6.51. The van der Waals surface area contributed by atoms with E-state index in [1.807, 2.05) is 12.1 Å². The SMILES string of the molecule is COC(=O)c1ccc(-c2ccc(C(C)(C)C)cc2)o1. The van der Waals surface area contributed by atoms with E-state index in [1.54, 1.807) is 12.1 Å². The van der Waals surface area contributed by atoms with Gasteiger partial charge in [0, 0.05) is 5.56 Å². The van der Waals surface area contributed by atoms with E-state index in [-0.39, 0.29) is 11.2 Å². The average Bonchev–Trinajstić information content (AvgIpc) is 2.86. The Hall–Kier alpha value is -2.03. The number of furan rings is 1. The largest absolute Gasteiger partial charge is 0.463 e. The number of benzene rings is 1.